The Morgan fingerprint density at radius 1 is 1.19 bits per heavy atom. The molecule has 0 radical (unpaired) electrons. The first kappa shape index (κ1) is 19.1. The van der Waals surface area contributed by atoms with Crippen LogP contribution < -0.4 is 22.1 Å². The standard InChI is InChI=1S/C12H19ClN12O2/c13-7-5(2-20-25-17)4(1-19-24-16)6(11(7)3-18-9(14)22-11)12(27)8(26)21-10(15)23-12/h4-8,26-27H,1-3H2,(H3,14,18,22)(H3,15,21,23)/t4-,5-,6+,7+,8?,11+,12?/m1/s1. The number of aliphatic hydroxyl groups excluding tert-OH is 1. The maximum atomic E-state index is 11.3. The summed E-state index contributed by atoms with van der Waals surface area (Å²) in [4.78, 5) is 13.4. The number of nitrogens with zero attached hydrogens (tertiary/aromatic N) is 8. The fraction of sp³-hybridized carbons (Fsp3) is 0.833. The molecule has 1 spiro atoms. The fourth-order valence-corrected chi connectivity index (χ4v) is 5.01. The number of rotatable bonds is 5. The lowest BCUT2D eigenvalue weighted by atomic mass is 9.74. The van der Waals surface area contributed by atoms with E-state index in [0.29, 0.717) is 0 Å². The van der Waals surface area contributed by atoms with Crippen LogP contribution in [-0.2, 0) is 0 Å². The lowest BCUT2D eigenvalue weighted by molar-refractivity contribution is -0.137. The number of nitrogens with two attached hydrogens (primary N) is 2. The first-order valence-corrected chi connectivity index (χ1v) is 8.49. The molecule has 27 heavy (non-hydrogen) atoms. The van der Waals surface area contributed by atoms with Crippen molar-refractivity contribution < 1.29 is 10.2 Å². The molecule has 0 amide bonds. The van der Waals surface area contributed by atoms with Gasteiger partial charge < -0.3 is 32.3 Å². The monoisotopic (exact) mass is 398 g/mol. The summed E-state index contributed by atoms with van der Waals surface area (Å²) < 4.78 is 0. The van der Waals surface area contributed by atoms with Crippen LogP contribution in [0.4, 0.5) is 0 Å². The van der Waals surface area contributed by atoms with Crippen molar-refractivity contribution in [1.29, 1.82) is 0 Å². The third kappa shape index (κ3) is 2.83. The molecule has 0 saturated heterocycles. The zero-order valence-corrected chi connectivity index (χ0v) is 14.8. The van der Waals surface area contributed by atoms with Crippen molar-refractivity contribution in [2.24, 2.45) is 49.4 Å². The molecule has 14 nitrogen and oxygen atoms in total. The quantitative estimate of drug-likeness (QED) is 0.141. The number of halogens is 1. The second kappa shape index (κ2) is 6.83. The summed E-state index contributed by atoms with van der Waals surface area (Å²) in [7, 11) is 0. The highest BCUT2D eigenvalue weighted by Gasteiger charge is 2.69. The summed E-state index contributed by atoms with van der Waals surface area (Å²) in [6.45, 7) is 0.00238. The van der Waals surface area contributed by atoms with Crippen LogP contribution in [0.15, 0.2) is 20.2 Å². The van der Waals surface area contributed by atoms with E-state index < -0.39 is 40.6 Å². The highest BCUT2D eigenvalue weighted by Crippen LogP contribution is 2.54. The Morgan fingerprint density at radius 2 is 1.81 bits per heavy atom. The van der Waals surface area contributed by atoms with Gasteiger partial charge in [0.1, 0.15) is 0 Å². The van der Waals surface area contributed by atoms with Crippen LogP contribution in [0.3, 0.4) is 0 Å². The van der Waals surface area contributed by atoms with E-state index in [1.807, 2.05) is 0 Å². The number of alkyl halides is 1. The molecular weight excluding hydrogens is 380 g/mol. The van der Waals surface area contributed by atoms with Gasteiger partial charge in [-0.15, -0.1) is 11.6 Å². The molecule has 15 heteroatoms. The highest BCUT2D eigenvalue weighted by molar-refractivity contribution is 6.22. The van der Waals surface area contributed by atoms with E-state index in [1.165, 1.54) is 0 Å². The van der Waals surface area contributed by atoms with Crippen LogP contribution in [-0.4, -0.2) is 64.6 Å². The first-order chi connectivity index (χ1) is 12.8. The molecule has 0 aromatic rings. The summed E-state index contributed by atoms with van der Waals surface area (Å²) in [5, 5.41) is 33.8. The Bertz CT molecular complexity index is 776. The molecule has 2 heterocycles. The van der Waals surface area contributed by atoms with Gasteiger partial charge in [0.2, 0.25) is 0 Å². The predicted molar refractivity (Wildman–Crippen MR) is 96.2 cm³/mol. The molecular formula is C12H19ClN12O2. The van der Waals surface area contributed by atoms with E-state index in [4.69, 9.17) is 34.1 Å². The summed E-state index contributed by atoms with van der Waals surface area (Å²) in [5.41, 5.74) is 25.8. The number of aliphatic hydroxyl groups is 2. The van der Waals surface area contributed by atoms with Crippen LogP contribution >= 0.6 is 11.6 Å². The van der Waals surface area contributed by atoms with E-state index in [1.54, 1.807) is 0 Å². The minimum absolute atomic E-state index is 0.0152. The van der Waals surface area contributed by atoms with Gasteiger partial charge in [0, 0.05) is 28.8 Å². The Labute approximate surface area is 157 Å². The molecule has 3 aliphatic rings. The molecule has 1 fully saturated rings. The largest absolute Gasteiger partial charge is 0.370 e. The van der Waals surface area contributed by atoms with Crippen LogP contribution in [0.2, 0.25) is 0 Å². The van der Waals surface area contributed by atoms with Gasteiger partial charge in [-0.1, -0.05) is 10.2 Å². The molecule has 1 saturated carbocycles. The number of azide groups is 2. The topological polar surface area (TPSA) is 239 Å². The Morgan fingerprint density at radius 3 is 2.30 bits per heavy atom. The molecule has 3 rings (SSSR count). The molecule has 0 aromatic carbocycles. The van der Waals surface area contributed by atoms with Gasteiger partial charge in [-0.3, -0.25) is 4.99 Å². The maximum Gasteiger partial charge on any atom is 0.197 e. The van der Waals surface area contributed by atoms with Crippen molar-refractivity contribution in [2.75, 3.05) is 19.6 Å². The zero-order valence-electron chi connectivity index (χ0n) is 14.0. The van der Waals surface area contributed by atoms with Gasteiger partial charge in [0.25, 0.3) is 0 Å². The van der Waals surface area contributed by atoms with Gasteiger partial charge in [0.05, 0.1) is 17.5 Å². The van der Waals surface area contributed by atoms with Gasteiger partial charge in [0.15, 0.2) is 23.9 Å². The average molecular weight is 399 g/mol. The number of nitrogens with one attached hydrogen (secondary N) is 2. The van der Waals surface area contributed by atoms with E-state index in [9.17, 15) is 10.2 Å². The Balaban J connectivity index is 2.11. The van der Waals surface area contributed by atoms with Crippen LogP contribution in [0, 0.1) is 17.8 Å². The van der Waals surface area contributed by atoms with E-state index in [2.05, 4.69) is 40.7 Å². The first-order valence-electron chi connectivity index (χ1n) is 8.06. The summed E-state index contributed by atoms with van der Waals surface area (Å²) in [6.07, 6.45) is -1.60. The van der Waals surface area contributed by atoms with Gasteiger partial charge in [-0.2, -0.15) is 0 Å². The van der Waals surface area contributed by atoms with E-state index in [0.717, 1.165) is 0 Å². The zero-order chi connectivity index (χ0) is 19.8. The third-order valence-electron chi connectivity index (χ3n) is 5.44. The molecule has 146 valence electrons. The summed E-state index contributed by atoms with van der Waals surface area (Å²) in [5.74, 6) is -2.04. The predicted octanol–water partition coefficient (Wildman–Crippen LogP) is -1.34. The molecule has 1 aliphatic carbocycles. The smallest absolute Gasteiger partial charge is 0.197 e. The van der Waals surface area contributed by atoms with E-state index in [-0.39, 0.29) is 31.6 Å². The third-order valence-corrected chi connectivity index (χ3v) is 6.15. The normalized spacial score (nSPS) is 42.6. The number of aliphatic imine (C=N–C) groups is 2. The molecule has 0 bridgehead atoms. The second-order valence-corrected chi connectivity index (χ2v) is 7.21. The number of hydrogen-bond acceptors (Lipinski definition) is 10. The maximum absolute atomic E-state index is 11.3. The van der Waals surface area contributed by atoms with Crippen molar-refractivity contribution in [3.05, 3.63) is 20.9 Å². The van der Waals surface area contributed by atoms with Crippen molar-refractivity contribution in [1.82, 2.24) is 10.6 Å². The van der Waals surface area contributed by atoms with E-state index >= 15 is 0 Å². The molecule has 2 aliphatic heterocycles. The van der Waals surface area contributed by atoms with Gasteiger partial charge in [-0.05, 0) is 22.9 Å². The lowest BCUT2D eigenvalue weighted by Gasteiger charge is -2.44. The fourth-order valence-electron chi connectivity index (χ4n) is 4.49. The second-order valence-electron chi connectivity index (χ2n) is 6.74. The highest BCUT2D eigenvalue weighted by atomic mass is 35.5. The average Bonchev–Trinajstić information content (AvgIpc) is 3.19. The van der Waals surface area contributed by atoms with Crippen molar-refractivity contribution in [2.45, 2.75) is 22.9 Å². The minimum Gasteiger partial charge on any atom is -0.370 e. The van der Waals surface area contributed by atoms with Crippen LogP contribution in [0.25, 0.3) is 20.9 Å². The van der Waals surface area contributed by atoms with Crippen molar-refractivity contribution in [3.8, 4) is 0 Å². The van der Waals surface area contributed by atoms with Crippen molar-refractivity contribution in [3.63, 3.8) is 0 Å². The number of guanidine groups is 2. The SMILES string of the molecule is [N-]=[N+]=NC[C@@H]1[C@@H](CN=[N+]=[N-])[C@H](Cl)[C@]2(CN=C(N)N2)[C@H]1C1(O)NC(N)=NC1O. The Kier molecular flexibility index (Phi) is 4.84. The lowest BCUT2D eigenvalue weighted by Crippen LogP contribution is -2.69. The molecule has 7 atom stereocenters. The van der Waals surface area contributed by atoms with Crippen LogP contribution in [0.1, 0.15) is 0 Å². The summed E-state index contributed by atoms with van der Waals surface area (Å²) in [6, 6.07) is 0. The van der Waals surface area contributed by atoms with Gasteiger partial charge >= 0.3 is 0 Å². The van der Waals surface area contributed by atoms with Gasteiger partial charge in [-0.25, -0.2) is 4.99 Å². The molecule has 2 unspecified atom stereocenters. The molecule has 8 N–H and O–H groups in total. The Hall–Kier alpha value is -2.63. The minimum atomic E-state index is -2.02. The van der Waals surface area contributed by atoms with Crippen molar-refractivity contribution >= 4 is 23.5 Å². The number of hydrogen-bond donors (Lipinski definition) is 6. The molecule has 0 aromatic heterocycles. The summed E-state index contributed by atoms with van der Waals surface area (Å²) >= 11 is 6.74. The van der Waals surface area contributed by atoms with Crippen LogP contribution in [0.5, 0.6) is 0 Å².